The summed E-state index contributed by atoms with van der Waals surface area (Å²) in [4.78, 5) is 11.2. The van der Waals surface area contributed by atoms with Gasteiger partial charge in [0.2, 0.25) is 0 Å². The van der Waals surface area contributed by atoms with Crippen molar-refractivity contribution in [2.45, 2.75) is 6.92 Å². The molecule has 0 aliphatic rings. The summed E-state index contributed by atoms with van der Waals surface area (Å²) in [6.07, 6.45) is 0. The Hall–Kier alpha value is -1.48. The third-order valence-corrected chi connectivity index (χ3v) is 1.98. The second-order valence-corrected chi connectivity index (χ2v) is 3.37. The Morgan fingerprint density at radius 2 is 2.13 bits per heavy atom. The fourth-order valence-electron chi connectivity index (χ4n) is 0.905. The number of halogens is 1. The Kier molecular flexibility index (Phi) is 3.74. The number of hydrogen-bond donors (Lipinski definition) is 0. The van der Waals surface area contributed by atoms with Crippen LogP contribution >= 0.6 is 11.6 Å². The molecule has 0 atom stereocenters. The SMILES string of the molecule is C=C(C)C(=O)Oc1ccc(OC)c(Cl)c1. The Morgan fingerprint density at radius 1 is 1.47 bits per heavy atom. The van der Waals surface area contributed by atoms with Crippen molar-refractivity contribution in [2.24, 2.45) is 0 Å². The van der Waals surface area contributed by atoms with E-state index in [4.69, 9.17) is 21.1 Å². The topological polar surface area (TPSA) is 35.5 Å². The second kappa shape index (κ2) is 4.84. The molecule has 0 aromatic heterocycles. The minimum Gasteiger partial charge on any atom is -0.495 e. The summed E-state index contributed by atoms with van der Waals surface area (Å²) in [7, 11) is 1.51. The van der Waals surface area contributed by atoms with E-state index >= 15 is 0 Å². The molecular formula is C11H11ClO3. The minimum atomic E-state index is -0.476. The Balaban J connectivity index is 2.84. The van der Waals surface area contributed by atoms with Crippen LogP contribution in [0.3, 0.4) is 0 Å². The molecule has 0 aliphatic heterocycles. The van der Waals surface area contributed by atoms with E-state index in [0.29, 0.717) is 22.1 Å². The van der Waals surface area contributed by atoms with Crippen LogP contribution in [0.2, 0.25) is 5.02 Å². The average Bonchev–Trinajstić information content (AvgIpc) is 2.18. The molecule has 0 saturated carbocycles. The van der Waals surface area contributed by atoms with Crippen molar-refractivity contribution in [3.8, 4) is 11.5 Å². The number of esters is 1. The number of benzene rings is 1. The lowest BCUT2D eigenvalue weighted by Gasteiger charge is -2.06. The van der Waals surface area contributed by atoms with Gasteiger partial charge < -0.3 is 9.47 Å². The Labute approximate surface area is 93.3 Å². The number of hydrogen-bond acceptors (Lipinski definition) is 3. The summed E-state index contributed by atoms with van der Waals surface area (Å²) in [6, 6.07) is 4.75. The van der Waals surface area contributed by atoms with Gasteiger partial charge in [0.05, 0.1) is 12.1 Å². The number of rotatable bonds is 3. The van der Waals surface area contributed by atoms with E-state index in [1.807, 2.05) is 0 Å². The first kappa shape index (κ1) is 11.6. The van der Waals surface area contributed by atoms with Gasteiger partial charge in [0.15, 0.2) is 0 Å². The molecular weight excluding hydrogens is 216 g/mol. The quantitative estimate of drug-likeness (QED) is 0.452. The molecule has 3 nitrogen and oxygen atoms in total. The van der Waals surface area contributed by atoms with E-state index in [1.54, 1.807) is 19.1 Å². The molecule has 0 fully saturated rings. The van der Waals surface area contributed by atoms with E-state index in [2.05, 4.69) is 6.58 Å². The van der Waals surface area contributed by atoms with E-state index < -0.39 is 5.97 Å². The van der Waals surface area contributed by atoms with Crippen LogP contribution in [0.15, 0.2) is 30.4 Å². The van der Waals surface area contributed by atoms with Gasteiger partial charge in [0, 0.05) is 11.6 Å². The molecule has 80 valence electrons. The van der Waals surface area contributed by atoms with E-state index in [0.717, 1.165) is 0 Å². The van der Waals surface area contributed by atoms with Crippen LogP contribution < -0.4 is 9.47 Å². The molecule has 0 N–H and O–H groups in total. The van der Waals surface area contributed by atoms with Crippen molar-refractivity contribution in [1.82, 2.24) is 0 Å². The van der Waals surface area contributed by atoms with Gasteiger partial charge in [0.25, 0.3) is 0 Å². The van der Waals surface area contributed by atoms with E-state index in [-0.39, 0.29) is 0 Å². The molecule has 0 aliphatic carbocycles. The van der Waals surface area contributed by atoms with Gasteiger partial charge in [-0.1, -0.05) is 18.2 Å². The fraction of sp³-hybridized carbons (Fsp3) is 0.182. The molecule has 0 bridgehead atoms. The number of carbonyl (C=O) groups is 1. The fourth-order valence-corrected chi connectivity index (χ4v) is 1.15. The third kappa shape index (κ3) is 2.99. The number of ether oxygens (including phenoxy) is 2. The van der Waals surface area contributed by atoms with Crippen LogP contribution in [0.5, 0.6) is 11.5 Å². The van der Waals surface area contributed by atoms with Gasteiger partial charge in [-0.05, 0) is 19.1 Å². The average molecular weight is 227 g/mol. The van der Waals surface area contributed by atoms with Gasteiger partial charge >= 0.3 is 5.97 Å². The van der Waals surface area contributed by atoms with Crippen molar-refractivity contribution >= 4 is 17.6 Å². The normalized spacial score (nSPS) is 9.53. The highest BCUT2D eigenvalue weighted by Gasteiger charge is 2.07. The Bertz CT molecular complexity index is 399. The highest BCUT2D eigenvalue weighted by atomic mass is 35.5. The van der Waals surface area contributed by atoms with Gasteiger partial charge in [-0.15, -0.1) is 0 Å². The molecule has 1 aromatic carbocycles. The first-order valence-electron chi connectivity index (χ1n) is 4.26. The Morgan fingerprint density at radius 3 is 2.60 bits per heavy atom. The van der Waals surface area contributed by atoms with Gasteiger partial charge in [-0.25, -0.2) is 4.79 Å². The third-order valence-electron chi connectivity index (χ3n) is 1.68. The standard InChI is InChI=1S/C11H11ClO3/c1-7(2)11(13)15-8-4-5-10(14-3)9(12)6-8/h4-6H,1H2,2-3H3. The maximum absolute atomic E-state index is 11.2. The largest absolute Gasteiger partial charge is 0.495 e. The maximum atomic E-state index is 11.2. The van der Waals surface area contributed by atoms with Crippen molar-refractivity contribution in [3.63, 3.8) is 0 Å². The maximum Gasteiger partial charge on any atom is 0.338 e. The zero-order chi connectivity index (χ0) is 11.4. The van der Waals surface area contributed by atoms with Crippen molar-refractivity contribution < 1.29 is 14.3 Å². The lowest BCUT2D eigenvalue weighted by molar-refractivity contribution is -0.130. The van der Waals surface area contributed by atoms with Gasteiger partial charge in [-0.3, -0.25) is 0 Å². The molecule has 0 spiro atoms. The van der Waals surface area contributed by atoms with Crippen LogP contribution in [0.1, 0.15) is 6.92 Å². The molecule has 0 unspecified atom stereocenters. The number of methoxy groups -OCH3 is 1. The minimum absolute atomic E-state index is 0.335. The summed E-state index contributed by atoms with van der Waals surface area (Å²) in [5.41, 5.74) is 0.335. The van der Waals surface area contributed by atoms with E-state index in [9.17, 15) is 4.79 Å². The molecule has 1 rings (SSSR count). The second-order valence-electron chi connectivity index (χ2n) is 2.97. The molecule has 0 amide bonds. The van der Waals surface area contributed by atoms with Crippen LogP contribution in [0.4, 0.5) is 0 Å². The summed E-state index contributed by atoms with van der Waals surface area (Å²) in [5, 5.41) is 0.393. The monoisotopic (exact) mass is 226 g/mol. The molecule has 4 heteroatoms. The predicted octanol–water partition coefficient (Wildman–Crippen LogP) is 2.83. The van der Waals surface area contributed by atoms with Gasteiger partial charge in [0.1, 0.15) is 11.5 Å². The van der Waals surface area contributed by atoms with Crippen LogP contribution in [-0.4, -0.2) is 13.1 Å². The molecule has 0 saturated heterocycles. The summed E-state index contributed by atoms with van der Waals surface area (Å²) in [6.45, 7) is 5.05. The summed E-state index contributed by atoms with van der Waals surface area (Å²) >= 11 is 5.85. The summed E-state index contributed by atoms with van der Waals surface area (Å²) in [5.74, 6) is 0.428. The zero-order valence-corrected chi connectivity index (χ0v) is 9.30. The molecule has 15 heavy (non-hydrogen) atoms. The van der Waals surface area contributed by atoms with Crippen LogP contribution in [0, 0.1) is 0 Å². The summed E-state index contributed by atoms with van der Waals surface area (Å²) < 4.78 is 9.94. The highest BCUT2D eigenvalue weighted by Crippen LogP contribution is 2.28. The molecule has 0 heterocycles. The van der Waals surface area contributed by atoms with Crippen LogP contribution in [0.25, 0.3) is 0 Å². The first-order chi connectivity index (χ1) is 7.04. The lowest BCUT2D eigenvalue weighted by atomic mass is 10.3. The van der Waals surface area contributed by atoms with Gasteiger partial charge in [-0.2, -0.15) is 0 Å². The molecule has 1 aromatic rings. The van der Waals surface area contributed by atoms with Crippen molar-refractivity contribution in [1.29, 1.82) is 0 Å². The van der Waals surface area contributed by atoms with E-state index in [1.165, 1.54) is 13.2 Å². The zero-order valence-electron chi connectivity index (χ0n) is 8.54. The number of carbonyl (C=O) groups excluding carboxylic acids is 1. The van der Waals surface area contributed by atoms with Crippen LogP contribution in [-0.2, 0) is 4.79 Å². The predicted molar refractivity (Wildman–Crippen MR) is 58.5 cm³/mol. The lowest BCUT2D eigenvalue weighted by Crippen LogP contribution is -2.08. The molecule has 0 radical (unpaired) electrons. The highest BCUT2D eigenvalue weighted by molar-refractivity contribution is 6.32. The van der Waals surface area contributed by atoms with Crippen molar-refractivity contribution in [3.05, 3.63) is 35.4 Å². The van der Waals surface area contributed by atoms with Crippen molar-refractivity contribution in [2.75, 3.05) is 7.11 Å². The first-order valence-corrected chi connectivity index (χ1v) is 4.63. The smallest absolute Gasteiger partial charge is 0.338 e.